The van der Waals surface area contributed by atoms with Crippen molar-refractivity contribution in [1.29, 1.82) is 0 Å². The third-order valence-electron chi connectivity index (χ3n) is 4.31. The van der Waals surface area contributed by atoms with Crippen molar-refractivity contribution < 1.29 is 27.1 Å². The number of aromatic nitrogens is 1. The molecule has 0 aromatic carbocycles. The molecule has 0 radical (unpaired) electrons. The summed E-state index contributed by atoms with van der Waals surface area (Å²) in [6, 6.07) is 2.03. The van der Waals surface area contributed by atoms with Crippen LogP contribution in [0.2, 0.25) is 0 Å². The second-order valence-corrected chi connectivity index (χ2v) is 6.57. The third kappa shape index (κ3) is 6.66. The summed E-state index contributed by atoms with van der Waals surface area (Å²) < 4.78 is 57.2. The molecule has 1 amide bonds. The van der Waals surface area contributed by atoms with E-state index in [1.165, 1.54) is 11.0 Å². The molecule has 1 fully saturated rings. The fourth-order valence-corrected chi connectivity index (χ4v) is 2.84. The molecular formula is C21H24F4N4O2. The minimum absolute atomic E-state index is 0.128. The number of amides is 1. The van der Waals surface area contributed by atoms with E-state index in [4.69, 9.17) is 4.74 Å². The number of piperazine rings is 1. The van der Waals surface area contributed by atoms with Gasteiger partial charge in [0.05, 0.1) is 6.20 Å². The number of nitrogens with zero attached hydrogens (tertiary/aromatic N) is 4. The molecule has 10 heteroatoms. The number of amidine groups is 1. The average molecular weight is 440 g/mol. The molecule has 0 N–H and O–H groups in total. The largest absolute Gasteiger partial charge is 0.452 e. The zero-order chi connectivity index (χ0) is 23.0. The molecule has 168 valence electrons. The van der Waals surface area contributed by atoms with Gasteiger partial charge in [-0.25, -0.2) is 14.4 Å². The van der Waals surface area contributed by atoms with E-state index in [-0.39, 0.29) is 18.8 Å². The molecule has 31 heavy (non-hydrogen) atoms. The summed E-state index contributed by atoms with van der Waals surface area (Å²) in [5.41, 5.74) is -1.01. The van der Waals surface area contributed by atoms with Crippen molar-refractivity contribution in [3.8, 4) is 5.75 Å². The fraction of sp³-hybridized carbons (Fsp3) is 0.381. The highest BCUT2D eigenvalue weighted by Gasteiger charge is 2.32. The molecule has 2 rings (SSSR count). The molecule has 1 aliphatic rings. The number of allylic oxidation sites excluding steroid dienone is 2. The van der Waals surface area contributed by atoms with Crippen molar-refractivity contribution in [2.45, 2.75) is 26.4 Å². The van der Waals surface area contributed by atoms with Crippen LogP contribution in [0, 0.1) is 0 Å². The molecule has 0 saturated carbocycles. The van der Waals surface area contributed by atoms with Gasteiger partial charge < -0.3 is 14.5 Å². The van der Waals surface area contributed by atoms with E-state index in [1.54, 1.807) is 25.3 Å². The zero-order valence-corrected chi connectivity index (χ0v) is 17.3. The quantitative estimate of drug-likeness (QED) is 0.217. The minimum atomic E-state index is -4.54. The maximum atomic E-state index is 13.1. The predicted molar refractivity (Wildman–Crippen MR) is 109 cm³/mol. The van der Waals surface area contributed by atoms with Gasteiger partial charge in [0.15, 0.2) is 17.4 Å². The Morgan fingerprint density at radius 2 is 1.90 bits per heavy atom. The highest BCUT2D eigenvalue weighted by molar-refractivity contribution is 5.97. The van der Waals surface area contributed by atoms with Crippen molar-refractivity contribution in [2.24, 2.45) is 4.99 Å². The van der Waals surface area contributed by atoms with E-state index in [1.807, 2.05) is 11.8 Å². The first-order chi connectivity index (χ1) is 14.7. The van der Waals surface area contributed by atoms with Gasteiger partial charge in [-0.3, -0.25) is 4.79 Å². The number of pyridine rings is 1. The number of carbonyl (C=O) groups is 1. The Labute approximate surface area is 178 Å². The van der Waals surface area contributed by atoms with E-state index in [2.05, 4.69) is 16.6 Å². The van der Waals surface area contributed by atoms with Crippen LogP contribution >= 0.6 is 0 Å². The number of alkyl halides is 3. The summed E-state index contributed by atoms with van der Waals surface area (Å²) in [6.45, 7) is 7.96. The van der Waals surface area contributed by atoms with E-state index >= 15 is 0 Å². The van der Waals surface area contributed by atoms with Gasteiger partial charge in [0.1, 0.15) is 11.4 Å². The molecule has 0 unspecified atom stereocenters. The summed E-state index contributed by atoms with van der Waals surface area (Å²) in [4.78, 5) is 22.8. The molecular weight excluding hydrogens is 416 g/mol. The van der Waals surface area contributed by atoms with Crippen LogP contribution in [0.25, 0.3) is 0 Å². The second-order valence-electron chi connectivity index (χ2n) is 6.57. The second kappa shape index (κ2) is 10.7. The molecule has 0 bridgehead atoms. The van der Waals surface area contributed by atoms with E-state index < -0.39 is 23.6 Å². The fourth-order valence-electron chi connectivity index (χ4n) is 2.84. The van der Waals surface area contributed by atoms with Crippen molar-refractivity contribution >= 4 is 11.7 Å². The number of rotatable bonds is 6. The molecule has 1 aromatic heterocycles. The molecule has 0 aliphatic carbocycles. The Morgan fingerprint density at radius 3 is 2.39 bits per heavy atom. The maximum absolute atomic E-state index is 13.1. The molecule has 0 atom stereocenters. The lowest BCUT2D eigenvalue weighted by molar-refractivity contribution is -0.141. The van der Waals surface area contributed by atoms with Gasteiger partial charge >= 0.3 is 6.18 Å². The summed E-state index contributed by atoms with van der Waals surface area (Å²) in [7, 11) is 0. The summed E-state index contributed by atoms with van der Waals surface area (Å²) >= 11 is 0. The van der Waals surface area contributed by atoms with Crippen LogP contribution in [0.1, 0.15) is 26.0 Å². The molecule has 1 aliphatic heterocycles. The van der Waals surface area contributed by atoms with Gasteiger partial charge in [-0.15, -0.1) is 0 Å². The van der Waals surface area contributed by atoms with E-state index in [0.29, 0.717) is 31.1 Å². The maximum Gasteiger partial charge on any atom is 0.433 e. The van der Waals surface area contributed by atoms with Crippen molar-refractivity contribution in [3.05, 3.63) is 60.5 Å². The highest BCUT2D eigenvalue weighted by atomic mass is 19.4. The van der Waals surface area contributed by atoms with Gasteiger partial charge in [0.2, 0.25) is 0 Å². The van der Waals surface area contributed by atoms with Crippen LogP contribution in [0.5, 0.6) is 5.75 Å². The van der Waals surface area contributed by atoms with E-state index in [0.717, 1.165) is 12.3 Å². The number of halogens is 4. The van der Waals surface area contributed by atoms with Crippen LogP contribution < -0.4 is 4.74 Å². The lowest BCUT2D eigenvalue weighted by Gasteiger charge is -2.36. The topological polar surface area (TPSA) is 58.0 Å². The van der Waals surface area contributed by atoms with Crippen LogP contribution in [-0.2, 0) is 11.0 Å². The van der Waals surface area contributed by atoms with E-state index in [9.17, 15) is 22.4 Å². The van der Waals surface area contributed by atoms with Crippen LogP contribution in [-0.4, -0.2) is 52.7 Å². The minimum Gasteiger partial charge on any atom is -0.452 e. The predicted octanol–water partition coefficient (Wildman–Crippen LogP) is 4.33. The number of hydrogen-bond acceptors (Lipinski definition) is 4. The van der Waals surface area contributed by atoms with Gasteiger partial charge in [-0.2, -0.15) is 13.2 Å². The summed E-state index contributed by atoms with van der Waals surface area (Å²) in [5, 5.41) is 0. The van der Waals surface area contributed by atoms with Crippen LogP contribution in [0.3, 0.4) is 0 Å². The molecule has 1 saturated heterocycles. The number of aliphatic imine (C=N–C) groups is 1. The SMILES string of the molecule is C=C(F)C(=O)N1CCN(C(=N\C=C/C)/C(=C/CC)Oc2ccc(C(F)(F)F)nc2)CC1. The first-order valence-electron chi connectivity index (χ1n) is 9.66. The van der Waals surface area contributed by atoms with Crippen LogP contribution in [0.15, 0.2) is 59.8 Å². The molecule has 6 nitrogen and oxygen atoms in total. The average Bonchev–Trinajstić information content (AvgIpc) is 2.73. The lowest BCUT2D eigenvalue weighted by Crippen LogP contribution is -2.51. The Kier molecular flexibility index (Phi) is 8.35. The van der Waals surface area contributed by atoms with Gasteiger partial charge in [-0.1, -0.05) is 19.6 Å². The van der Waals surface area contributed by atoms with Gasteiger partial charge in [0, 0.05) is 32.4 Å². The van der Waals surface area contributed by atoms with Crippen molar-refractivity contribution in [2.75, 3.05) is 26.2 Å². The normalized spacial score (nSPS) is 16.1. The number of hydrogen-bond donors (Lipinski definition) is 0. The number of ether oxygens (including phenoxy) is 1. The van der Waals surface area contributed by atoms with Gasteiger partial charge in [-0.05, 0) is 31.6 Å². The van der Waals surface area contributed by atoms with Crippen LogP contribution in [0.4, 0.5) is 17.6 Å². The lowest BCUT2D eigenvalue weighted by atomic mass is 10.2. The first kappa shape index (κ1) is 24.1. The first-order valence-corrected chi connectivity index (χ1v) is 9.66. The summed E-state index contributed by atoms with van der Waals surface area (Å²) in [6.07, 6.45) is 2.08. The van der Waals surface area contributed by atoms with Crippen molar-refractivity contribution in [3.63, 3.8) is 0 Å². The Hall–Kier alpha value is -3.17. The molecule has 0 spiro atoms. The third-order valence-corrected chi connectivity index (χ3v) is 4.31. The van der Waals surface area contributed by atoms with Gasteiger partial charge in [0.25, 0.3) is 5.91 Å². The Balaban J connectivity index is 2.23. The Bertz CT molecular complexity index is 868. The Morgan fingerprint density at radius 1 is 1.26 bits per heavy atom. The molecule has 1 aromatic rings. The summed E-state index contributed by atoms with van der Waals surface area (Å²) in [5.74, 6) is -0.838. The molecule has 2 heterocycles. The number of carbonyl (C=O) groups excluding carboxylic acids is 1. The van der Waals surface area contributed by atoms with Crippen molar-refractivity contribution in [1.82, 2.24) is 14.8 Å². The smallest absolute Gasteiger partial charge is 0.433 e. The standard InChI is InChI=1S/C21H24F4N4O2/c1-4-6-17(31-16-7-8-18(27-14-16)21(23,24)25)19(26-9-5-2)28-10-12-29(13-11-28)20(30)15(3)22/h5-9,14H,3-4,10-13H2,1-2H3/b9-5-,17-6-,26-19-. The highest BCUT2D eigenvalue weighted by Crippen LogP contribution is 2.28. The monoisotopic (exact) mass is 440 g/mol. The zero-order valence-electron chi connectivity index (χ0n) is 17.3.